The highest BCUT2D eigenvalue weighted by Gasteiger charge is 2.17. The van der Waals surface area contributed by atoms with Gasteiger partial charge in [-0.2, -0.15) is 0 Å². The van der Waals surface area contributed by atoms with Crippen LogP contribution in [0, 0.1) is 0 Å². The predicted octanol–water partition coefficient (Wildman–Crippen LogP) is 3.70. The van der Waals surface area contributed by atoms with Crippen LogP contribution in [0.2, 0.25) is 0 Å². The molecule has 0 atom stereocenters. The van der Waals surface area contributed by atoms with E-state index in [1.807, 2.05) is 7.05 Å². The first kappa shape index (κ1) is 10.3. The highest BCUT2D eigenvalue weighted by atomic mass is 14.7. The van der Waals surface area contributed by atoms with Crippen LogP contribution in [0.3, 0.4) is 0 Å². The fraction of sp³-hybridized carbons (Fsp3) is 0.188. The average molecular weight is 221 g/mol. The topological polar surface area (TPSA) is 12.4 Å². The van der Waals surface area contributed by atoms with E-state index in [2.05, 4.69) is 54.4 Å². The van der Waals surface area contributed by atoms with E-state index < -0.39 is 0 Å². The molecule has 17 heavy (non-hydrogen) atoms. The van der Waals surface area contributed by atoms with Crippen molar-refractivity contribution in [3.05, 3.63) is 59.2 Å². The van der Waals surface area contributed by atoms with Crippen molar-refractivity contribution in [1.29, 1.82) is 0 Å². The fourth-order valence-electron chi connectivity index (χ4n) is 2.50. The third-order valence-electron chi connectivity index (χ3n) is 3.55. The van der Waals surface area contributed by atoms with Crippen molar-refractivity contribution in [3.8, 4) is 11.1 Å². The Labute approximate surface area is 102 Å². The Balaban J connectivity index is 2.13. The van der Waals surface area contributed by atoms with Crippen LogP contribution in [0.4, 0.5) is 0 Å². The molecule has 2 aromatic rings. The van der Waals surface area contributed by atoms with E-state index in [1.165, 1.54) is 27.8 Å². The molecule has 84 valence electrons. The van der Waals surface area contributed by atoms with Crippen molar-refractivity contribution < 1.29 is 0 Å². The first-order chi connectivity index (χ1) is 8.29. The SMILES string of the molecule is C/N=C(\C)c1ccc2c(c1)Cc1ccccc1-2. The largest absolute Gasteiger partial charge is 0.293 e. The number of nitrogens with zero attached hydrogens (tertiary/aromatic N) is 1. The number of hydrogen-bond donors (Lipinski definition) is 0. The molecule has 1 heteroatoms. The van der Waals surface area contributed by atoms with E-state index in [0.717, 1.165) is 12.1 Å². The normalized spacial score (nSPS) is 13.4. The maximum absolute atomic E-state index is 4.25. The van der Waals surface area contributed by atoms with E-state index >= 15 is 0 Å². The van der Waals surface area contributed by atoms with Crippen molar-refractivity contribution in [2.75, 3.05) is 7.05 Å². The summed E-state index contributed by atoms with van der Waals surface area (Å²) in [5, 5.41) is 0. The molecule has 0 unspecified atom stereocenters. The summed E-state index contributed by atoms with van der Waals surface area (Å²) in [5.74, 6) is 0. The van der Waals surface area contributed by atoms with E-state index in [0.29, 0.717) is 0 Å². The third kappa shape index (κ3) is 1.59. The summed E-state index contributed by atoms with van der Waals surface area (Å²) >= 11 is 0. The van der Waals surface area contributed by atoms with Gasteiger partial charge in [-0.25, -0.2) is 0 Å². The van der Waals surface area contributed by atoms with Gasteiger partial charge in [0.1, 0.15) is 0 Å². The first-order valence-corrected chi connectivity index (χ1v) is 5.94. The molecule has 0 saturated heterocycles. The summed E-state index contributed by atoms with van der Waals surface area (Å²) < 4.78 is 0. The molecule has 1 aliphatic carbocycles. The van der Waals surface area contributed by atoms with Crippen LogP contribution in [0.1, 0.15) is 23.6 Å². The Bertz CT molecular complexity index is 609. The van der Waals surface area contributed by atoms with Crippen LogP contribution < -0.4 is 0 Å². The fourth-order valence-corrected chi connectivity index (χ4v) is 2.50. The number of rotatable bonds is 1. The quantitative estimate of drug-likeness (QED) is 0.556. The van der Waals surface area contributed by atoms with Crippen LogP contribution in [0.15, 0.2) is 47.5 Å². The number of aliphatic imine (C=N–C) groups is 1. The predicted molar refractivity (Wildman–Crippen MR) is 72.8 cm³/mol. The van der Waals surface area contributed by atoms with Gasteiger partial charge in [0.15, 0.2) is 0 Å². The molecular formula is C16H15N. The Morgan fingerprint density at radius 1 is 1.00 bits per heavy atom. The van der Waals surface area contributed by atoms with Crippen LogP contribution in [0.25, 0.3) is 11.1 Å². The van der Waals surface area contributed by atoms with Gasteiger partial charge < -0.3 is 0 Å². The molecule has 0 saturated carbocycles. The zero-order valence-electron chi connectivity index (χ0n) is 10.2. The van der Waals surface area contributed by atoms with Gasteiger partial charge in [0, 0.05) is 12.8 Å². The summed E-state index contributed by atoms with van der Waals surface area (Å²) in [6, 6.07) is 15.3. The van der Waals surface area contributed by atoms with Crippen LogP contribution in [-0.4, -0.2) is 12.8 Å². The lowest BCUT2D eigenvalue weighted by Crippen LogP contribution is -1.95. The molecule has 0 aliphatic heterocycles. The molecule has 0 aromatic heterocycles. The molecular weight excluding hydrogens is 206 g/mol. The maximum atomic E-state index is 4.25. The van der Waals surface area contributed by atoms with Gasteiger partial charge in [0.2, 0.25) is 0 Å². The zero-order chi connectivity index (χ0) is 11.8. The summed E-state index contributed by atoms with van der Waals surface area (Å²) in [4.78, 5) is 4.25. The molecule has 0 spiro atoms. The minimum Gasteiger partial charge on any atom is -0.293 e. The van der Waals surface area contributed by atoms with Gasteiger partial charge >= 0.3 is 0 Å². The molecule has 0 amide bonds. The van der Waals surface area contributed by atoms with Gasteiger partial charge in [-0.15, -0.1) is 0 Å². The lowest BCUT2D eigenvalue weighted by atomic mass is 10.0. The molecule has 0 heterocycles. The van der Waals surface area contributed by atoms with Crippen LogP contribution >= 0.6 is 0 Å². The summed E-state index contributed by atoms with van der Waals surface area (Å²) in [7, 11) is 1.84. The second kappa shape index (κ2) is 3.85. The molecule has 0 bridgehead atoms. The second-order valence-electron chi connectivity index (χ2n) is 4.51. The van der Waals surface area contributed by atoms with Crippen LogP contribution in [0.5, 0.6) is 0 Å². The standard InChI is InChI=1S/C16H15N/c1-11(17-2)12-7-8-16-14(9-12)10-13-5-3-4-6-15(13)16/h3-9H,10H2,1-2H3/b17-11+. The lowest BCUT2D eigenvalue weighted by molar-refractivity contribution is 1.26. The molecule has 1 aliphatic rings. The minimum absolute atomic E-state index is 1.05. The number of benzene rings is 2. The monoisotopic (exact) mass is 221 g/mol. The Kier molecular flexibility index (Phi) is 2.32. The minimum atomic E-state index is 1.05. The van der Waals surface area contributed by atoms with Gasteiger partial charge in [-0.1, -0.05) is 36.4 Å². The van der Waals surface area contributed by atoms with E-state index in [4.69, 9.17) is 0 Å². The third-order valence-corrected chi connectivity index (χ3v) is 3.55. The molecule has 2 aromatic carbocycles. The van der Waals surface area contributed by atoms with E-state index in [1.54, 1.807) is 0 Å². The summed E-state index contributed by atoms with van der Waals surface area (Å²) in [5.41, 5.74) is 7.97. The number of hydrogen-bond acceptors (Lipinski definition) is 1. The summed E-state index contributed by atoms with van der Waals surface area (Å²) in [6.45, 7) is 2.06. The molecule has 0 radical (unpaired) electrons. The molecule has 0 fully saturated rings. The van der Waals surface area contributed by atoms with Gasteiger partial charge in [0.05, 0.1) is 0 Å². The van der Waals surface area contributed by atoms with Crippen LogP contribution in [-0.2, 0) is 6.42 Å². The smallest absolute Gasteiger partial charge is 0.0386 e. The highest BCUT2D eigenvalue weighted by Crippen LogP contribution is 2.36. The van der Waals surface area contributed by atoms with E-state index in [-0.39, 0.29) is 0 Å². The Hall–Kier alpha value is -1.89. The van der Waals surface area contributed by atoms with Crippen molar-refractivity contribution in [3.63, 3.8) is 0 Å². The molecule has 1 nitrogen and oxygen atoms in total. The van der Waals surface area contributed by atoms with Crippen molar-refractivity contribution >= 4 is 5.71 Å². The highest BCUT2D eigenvalue weighted by molar-refractivity contribution is 5.99. The van der Waals surface area contributed by atoms with Crippen molar-refractivity contribution in [2.24, 2.45) is 4.99 Å². The van der Waals surface area contributed by atoms with Gasteiger partial charge in [-0.3, -0.25) is 4.99 Å². The van der Waals surface area contributed by atoms with E-state index in [9.17, 15) is 0 Å². The number of fused-ring (bicyclic) bond motifs is 3. The van der Waals surface area contributed by atoms with Crippen molar-refractivity contribution in [2.45, 2.75) is 13.3 Å². The lowest BCUT2D eigenvalue weighted by Gasteiger charge is -2.04. The Morgan fingerprint density at radius 2 is 1.76 bits per heavy atom. The molecule has 3 rings (SSSR count). The average Bonchev–Trinajstić information content (AvgIpc) is 2.75. The van der Waals surface area contributed by atoms with Crippen molar-refractivity contribution in [1.82, 2.24) is 0 Å². The summed E-state index contributed by atoms with van der Waals surface area (Å²) in [6.07, 6.45) is 1.05. The van der Waals surface area contributed by atoms with Gasteiger partial charge in [-0.05, 0) is 47.2 Å². The van der Waals surface area contributed by atoms with Gasteiger partial charge in [0.25, 0.3) is 0 Å². The zero-order valence-corrected chi connectivity index (χ0v) is 10.2. The second-order valence-corrected chi connectivity index (χ2v) is 4.51. The maximum Gasteiger partial charge on any atom is 0.0386 e. The molecule has 0 N–H and O–H groups in total. The first-order valence-electron chi connectivity index (χ1n) is 5.94. The Morgan fingerprint density at radius 3 is 2.59 bits per heavy atom.